The van der Waals surface area contributed by atoms with Crippen LogP contribution in [0.15, 0.2) is 30.5 Å². The van der Waals surface area contributed by atoms with Crippen LogP contribution in [0.1, 0.15) is 31.2 Å². The van der Waals surface area contributed by atoms with Crippen molar-refractivity contribution in [2.24, 2.45) is 11.8 Å². The minimum atomic E-state index is -0.176. The summed E-state index contributed by atoms with van der Waals surface area (Å²) >= 11 is 12.4. The largest absolute Gasteiger partial charge is 0.274 e. The minimum absolute atomic E-state index is 0.115. The van der Waals surface area contributed by atoms with E-state index in [1.54, 1.807) is 35.1 Å². The molecule has 1 aliphatic carbocycles. The van der Waals surface area contributed by atoms with E-state index in [9.17, 15) is 9.59 Å². The Balaban J connectivity index is 1.59. The van der Waals surface area contributed by atoms with Gasteiger partial charge in [0.05, 0.1) is 18.4 Å². The van der Waals surface area contributed by atoms with Gasteiger partial charge in [-0.3, -0.25) is 14.3 Å². The van der Waals surface area contributed by atoms with Gasteiger partial charge in [0, 0.05) is 27.9 Å². The number of nitrogens with zero attached hydrogens (tertiary/aromatic N) is 3. The van der Waals surface area contributed by atoms with Crippen molar-refractivity contribution < 1.29 is 9.59 Å². The summed E-state index contributed by atoms with van der Waals surface area (Å²) in [6.45, 7) is 0.377. The number of aromatic nitrogens is 2. The van der Waals surface area contributed by atoms with Crippen LogP contribution in [0.5, 0.6) is 0 Å². The lowest BCUT2D eigenvalue weighted by Gasteiger charge is -2.19. The molecule has 2 amide bonds. The number of anilines is 1. The molecule has 25 heavy (non-hydrogen) atoms. The Hall–Kier alpha value is -1.85. The van der Waals surface area contributed by atoms with E-state index < -0.39 is 0 Å². The van der Waals surface area contributed by atoms with E-state index in [1.165, 1.54) is 4.90 Å². The van der Waals surface area contributed by atoms with Gasteiger partial charge in [-0.1, -0.05) is 42.1 Å². The van der Waals surface area contributed by atoms with E-state index in [2.05, 4.69) is 5.10 Å². The maximum absolute atomic E-state index is 12.6. The van der Waals surface area contributed by atoms with Crippen molar-refractivity contribution >= 4 is 40.8 Å². The highest BCUT2D eigenvalue weighted by Crippen LogP contribution is 2.39. The third-order valence-corrected chi connectivity index (χ3v) is 5.79. The summed E-state index contributed by atoms with van der Waals surface area (Å²) in [6.07, 6.45) is 5.34. The molecule has 2 heterocycles. The van der Waals surface area contributed by atoms with Crippen LogP contribution < -0.4 is 4.90 Å². The average molecular weight is 378 g/mol. The second-order valence-electron chi connectivity index (χ2n) is 6.58. The normalized spacial score (nSPS) is 23.2. The molecule has 1 saturated heterocycles. The number of hydrogen-bond acceptors (Lipinski definition) is 3. The molecule has 130 valence electrons. The molecule has 2 atom stereocenters. The van der Waals surface area contributed by atoms with Gasteiger partial charge in [-0.15, -0.1) is 0 Å². The van der Waals surface area contributed by atoms with Crippen LogP contribution in [0.3, 0.4) is 0 Å². The number of halogens is 2. The molecule has 2 unspecified atom stereocenters. The molecular formula is C18H17Cl2N3O2. The van der Waals surface area contributed by atoms with Crippen molar-refractivity contribution in [1.29, 1.82) is 0 Å². The van der Waals surface area contributed by atoms with Crippen molar-refractivity contribution in [3.63, 3.8) is 0 Å². The molecule has 5 nitrogen and oxygen atoms in total. The van der Waals surface area contributed by atoms with Crippen molar-refractivity contribution in [3.05, 3.63) is 46.1 Å². The summed E-state index contributed by atoms with van der Waals surface area (Å²) in [5.74, 6) is -0.201. The molecule has 0 radical (unpaired) electrons. The van der Waals surface area contributed by atoms with Crippen molar-refractivity contribution in [3.8, 4) is 0 Å². The minimum Gasteiger partial charge on any atom is -0.274 e. The molecule has 7 heteroatoms. The van der Waals surface area contributed by atoms with E-state index in [0.29, 0.717) is 22.4 Å². The Morgan fingerprint density at radius 2 is 1.60 bits per heavy atom. The summed E-state index contributed by atoms with van der Waals surface area (Å²) in [7, 11) is 0. The Kier molecular flexibility index (Phi) is 4.29. The summed E-state index contributed by atoms with van der Waals surface area (Å²) in [5, 5.41) is 5.53. The number of carbonyl (C=O) groups excluding carboxylic acids is 2. The molecule has 2 aromatic rings. The quantitative estimate of drug-likeness (QED) is 0.761. The smallest absolute Gasteiger partial charge is 0.238 e. The van der Waals surface area contributed by atoms with Crippen LogP contribution in [-0.2, 0) is 16.1 Å². The molecule has 1 saturated carbocycles. The zero-order valence-corrected chi connectivity index (χ0v) is 15.0. The van der Waals surface area contributed by atoms with Crippen LogP contribution in [0.2, 0.25) is 10.0 Å². The fourth-order valence-electron chi connectivity index (χ4n) is 3.79. The summed E-state index contributed by atoms with van der Waals surface area (Å²) in [4.78, 5) is 26.5. The van der Waals surface area contributed by atoms with Crippen LogP contribution in [0.25, 0.3) is 0 Å². The Bertz CT molecular complexity index is 804. The van der Waals surface area contributed by atoms with E-state index in [0.717, 1.165) is 31.2 Å². The van der Waals surface area contributed by atoms with Crippen LogP contribution in [0, 0.1) is 11.8 Å². The highest BCUT2D eigenvalue weighted by atomic mass is 35.5. The molecule has 0 bridgehead atoms. The van der Waals surface area contributed by atoms with Gasteiger partial charge in [0.2, 0.25) is 11.8 Å². The standard InChI is InChI=1S/C18H17Cl2N3O2/c19-14-6-3-7-15(20)13(14)10-22-9-8-16(21-22)23-17(24)11-4-1-2-5-12(11)18(23)25/h3,6-9,11-12H,1-2,4-5,10H2. The van der Waals surface area contributed by atoms with Gasteiger partial charge in [0.1, 0.15) is 0 Å². The third-order valence-electron chi connectivity index (χ3n) is 5.08. The van der Waals surface area contributed by atoms with Gasteiger partial charge in [-0.2, -0.15) is 5.10 Å². The molecule has 1 aromatic carbocycles. The zero-order valence-electron chi connectivity index (χ0n) is 13.5. The SMILES string of the molecule is O=C1C2CCCCC2C(=O)N1c1ccn(Cc2c(Cl)cccc2Cl)n1. The molecule has 4 rings (SSSR count). The molecule has 0 spiro atoms. The number of carbonyl (C=O) groups is 2. The Morgan fingerprint density at radius 3 is 2.20 bits per heavy atom. The fourth-order valence-corrected chi connectivity index (χ4v) is 4.31. The molecular weight excluding hydrogens is 361 g/mol. The predicted molar refractivity (Wildman–Crippen MR) is 95.7 cm³/mol. The lowest BCUT2D eigenvalue weighted by atomic mass is 9.81. The van der Waals surface area contributed by atoms with Crippen LogP contribution in [-0.4, -0.2) is 21.6 Å². The number of hydrogen-bond donors (Lipinski definition) is 0. The van der Waals surface area contributed by atoms with E-state index in [-0.39, 0.29) is 23.7 Å². The lowest BCUT2D eigenvalue weighted by Crippen LogP contribution is -2.31. The second-order valence-corrected chi connectivity index (χ2v) is 7.40. The van der Waals surface area contributed by atoms with Crippen molar-refractivity contribution in [1.82, 2.24) is 9.78 Å². The first kappa shape index (κ1) is 16.6. The average Bonchev–Trinajstić information content (AvgIpc) is 3.15. The molecule has 2 aliphatic rings. The van der Waals surface area contributed by atoms with Crippen molar-refractivity contribution in [2.45, 2.75) is 32.2 Å². The number of amides is 2. The Morgan fingerprint density at radius 1 is 1.00 bits per heavy atom. The topological polar surface area (TPSA) is 55.2 Å². The number of fused-ring (bicyclic) bond motifs is 1. The fraction of sp³-hybridized carbons (Fsp3) is 0.389. The lowest BCUT2D eigenvalue weighted by molar-refractivity contribution is -0.122. The maximum atomic E-state index is 12.6. The highest BCUT2D eigenvalue weighted by molar-refractivity contribution is 6.36. The second kappa shape index (κ2) is 6.46. The Labute approximate surface area is 155 Å². The first-order valence-electron chi connectivity index (χ1n) is 8.40. The van der Waals surface area contributed by atoms with Gasteiger partial charge in [0.25, 0.3) is 0 Å². The summed E-state index contributed by atoms with van der Waals surface area (Å²) < 4.78 is 1.64. The van der Waals surface area contributed by atoms with Gasteiger partial charge in [0.15, 0.2) is 5.82 Å². The number of rotatable bonds is 3. The molecule has 1 aromatic heterocycles. The zero-order chi connectivity index (χ0) is 17.6. The van der Waals surface area contributed by atoms with Crippen molar-refractivity contribution in [2.75, 3.05) is 4.90 Å². The van der Waals surface area contributed by atoms with E-state index >= 15 is 0 Å². The van der Waals surface area contributed by atoms with E-state index in [1.807, 2.05) is 0 Å². The van der Waals surface area contributed by atoms with Gasteiger partial charge < -0.3 is 0 Å². The highest BCUT2D eigenvalue weighted by Gasteiger charge is 2.49. The first-order chi connectivity index (χ1) is 12.1. The van der Waals surface area contributed by atoms with Gasteiger partial charge >= 0.3 is 0 Å². The van der Waals surface area contributed by atoms with Gasteiger partial charge in [-0.05, 0) is 25.0 Å². The van der Waals surface area contributed by atoms with Gasteiger partial charge in [-0.25, -0.2) is 4.90 Å². The first-order valence-corrected chi connectivity index (χ1v) is 9.16. The third kappa shape index (κ3) is 2.85. The molecule has 2 fully saturated rings. The van der Waals surface area contributed by atoms with Crippen LogP contribution >= 0.6 is 23.2 Å². The molecule has 1 aliphatic heterocycles. The number of benzene rings is 1. The predicted octanol–water partition coefficient (Wildman–Crippen LogP) is 3.92. The monoisotopic (exact) mass is 377 g/mol. The maximum Gasteiger partial charge on any atom is 0.238 e. The molecule has 0 N–H and O–H groups in total. The van der Waals surface area contributed by atoms with Crippen LogP contribution in [0.4, 0.5) is 5.82 Å². The summed E-state index contributed by atoms with van der Waals surface area (Å²) in [5.41, 5.74) is 0.758. The summed E-state index contributed by atoms with van der Waals surface area (Å²) in [6, 6.07) is 7.01. The number of imide groups is 1. The van der Waals surface area contributed by atoms with E-state index in [4.69, 9.17) is 23.2 Å².